The summed E-state index contributed by atoms with van der Waals surface area (Å²) in [6, 6.07) is 17.8. The molecule has 6 nitrogen and oxygen atoms in total. The number of ether oxygens (including phenoxy) is 1. The first-order chi connectivity index (χ1) is 11.4. The van der Waals surface area contributed by atoms with Crippen LogP contribution in [0.25, 0.3) is 0 Å². The van der Waals surface area contributed by atoms with Gasteiger partial charge in [-0.25, -0.2) is 18.4 Å². The minimum absolute atomic E-state index is 0.111. The fourth-order valence-corrected chi connectivity index (χ4v) is 3.02. The van der Waals surface area contributed by atoms with Gasteiger partial charge in [0.25, 0.3) is 0 Å². The summed E-state index contributed by atoms with van der Waals surface area (Å²) in [4.78, 5) is 11.9. The maximum Gasteiger partial charge on any atom is 0.407 e. The summed E-state index contributed by atoms with van der Waals surface area (Å²) < 4.78 is 27.9. The molecule has 1 atom stereocenters. The third kappa shape index (κ3) is 6.80. The Morgan fingerprint density at radius 2 is 1.54 bits per heavy atom. The Balaban J connectivity index is 1.95. The van der Waals surface area contributed by atoms with E-state index in [1.54, 1.807) is 0 Å². The fourth-order valence-electron chi connectivity index (χ4n) is 2.26. The van der Waals surface area contributed by atoms with Crippen molar-refractivity contribution >= 4 is 16.1 Å². The molecular weight excluding hydrogens is 328 g/mol. The Bertz CT molecular complexity index is 749. The molecule has 0 aliphatic rings. The number of nitrogens with one attached hydrogen (secondary N) is 1. The van der Waals surface area contributed by atoms with E-state index in [1.165, 1.54) is 0 Å². The predicted molar refractivity (Wildman–Crippen MR) is 91.7 cm³/mol. The minimum atomic E-state index is -3.73. The van der Waals surface area contributed by atoms with E-state index in [0.29, 0.717) is 6.42 Å². The SMILES string of the molecule is NS(=O)(=O)C[C@H](Cc1ccccc1)NC(=O)OCc1ccccc1. The molecule has 24 heavy (non-hydrogen) atoms. The van der Waals surface area contributed by atoms with Crippen molar-refractivity contribution in [2.24, 2.45) is 5.14 Å². The van der Waals surface area contributed by atoms with E-state index < -0.39 is 22.2 Å². The van der Waals surface area contributed by atoms with E-state index in [2.05, 4.69) is 5.32 Å². The van der Waals surface area contributed by atoms with Crippen LogP contribution >= 0.6 is 0 Å². The van der Waals surface area contributed by atoms with Gasteiger partial charge >= 0.3 is 6.09 Å². The summed E-state index contributed by atoms with van der Waals surface area (Å²) in [6.45, 7) is 0.111. The van der Waals surface area contributed by atoms with Gasteiger partial charge in [0.15, 0.2) is 0 Å². The Labute approximate surface area is 141 Å². The summed E-state index contributed by atoms with van der Waals surface area (Å²) in [5.74, 6) is -0.359. The van der Waals surface area contributed by atoms with Crippen molar-refractivity contribution in [1.82, 2.24) is 5.32 Å². The quantitative estimate of drug-likeness (QED) is 0.797. The Morgan fingerprint density at radius 3 is 2.08 bits per heavy atom. The number of alkyl carbamates (subject to hydrolysis) is 1. The minimum Gasteiger partial charge on any atom is -0.445 e. The number of hydrogen-bond donors (Lipinski definition) is 2. The molecule has 2 rings (SSSR count). The molecule has 3 N–H and O–H groups in total. The highest BCUT2D eigenvalue weighted by Crippen LogP contribution is 2.06. The molecule has 128 valence electrons. The number of rotatable bonds is 7. The van der Waals surface area contributed by atoms with Crippen LogP contribution in [-0.4, -0.2) is 26.3 Å². The van der Waals surface area contributed by atoms with Gasteiger partial charge in [0.1, 0.15) is 6.61 Å². The Morgan fingerprint density at radius 1 is 1.00 bits per heavy atom. The van der Waals surface area contributed by atoms with E-state index in [9.17, 15) is 13.2 Å². The molecule has 0 bridgehead atoms. The molecule has 0 fully saturated rings. The zero-order chi connectivity index (χ0) is 17.4. The van der Waals surface area contributed by atoms with Crippen LogP contribution in [0.5, 0.6) is 0 Å². The van der Waals surface area contributed by atoms with Crippen LogP contribution in [0, 0.1) is 0 Å². The summed E-state index contributed by atoms with van der Waals surface area (Å²) in [5, 5.41) is 7.68. The lowest BCUT2D eigenvalue weighted by atomic mass is 10.1. The van der Waals surface area contributed by atoms with Crippen molar-refractivity contribution in [3.63, 3.8) is 0 Å². The molecule has 2 aromatic carbocycles. The van der Waals surface area contributed by atoms with Gasteiger partial charge in [0, 0.05) is 0 Å². The van der Waals surface area contributed by atoms with E-state index in [0.717, 1.165) is 11.1 Å². The third-order valence-corrected chi connectivity index (χ3v) is 4.16. The zero-order valence-corrected chi connectivity index (χ0v) is 13.9. The average Bonchev–Trinajstić information content (AvgIpc) is 2.53. The second-order valence-electron chi connectivity index (χ2n) is 5.42. The number of hydrogen-bond acceptors (Lipinski definition) is 4. The van der Waals surface area contributed by atoms with Crippen molar-refractivity contribution < 1.29 is 17.9 Å². The molecule has 0 spiro atoms. The first kappa shape index (κ1) is 18.0. The number of sulfonamides is 1. The standard InChI is InChI=1S/C17H20N2O4S/c18-24(21,22)13-16(11-14-7-3-1-4-8-14)19-17(20)23-12-15-9-5-2-6-10-15/h1-10,16H,11-13H2,(H,19,20)(H2,18,21,22)/t16-/m0/s1. The van der Waals surface area contributed by atoms with Crippen molar-refractivity contribution in [2.45, 2.75) is 19.1 Å². The largest absolute Gasteiger partial charge is 0.445 e. The van der Waals surface area contributed by atoms with E-state index in [1.807, 2.05) is 60.7 Å². The molecule has 2 aromatic rings. The molecule has 0 saturated heterocycles. The average molecular weight is 348 g/mol. The smallest absolute Gasteiger partial charge is 0.407 e. The molecule has 0 aliphatic carbocycles. The maximum absolute atomic E-state index is 11.9. The van der Waals surface area contributed by atoms with Gasteiger partial charge in [-0.1, -0.05) is 60.7 Å². The summed E-state index contributed by atoms with van der Waals surface area (Å²) >= 11 is 0. The number of amides is 1. The van der Waals surface area contributed by atoms with Crippen molar-refractivity contribution in [3.05, 3.63) is 71.8 Å². The summed E-state index contributed by atoms with van der Waals surface area (Å²) in [7, 11) is -3.73. The number of carbonyl (C=O) groups is 1. The first-order valence-electron chi connectivity index (χ1n) is 7.44. The number of benzene rings is 2. The second kappa shape index (κ2) is 8.47. The van der Waals surface area contributed by atoms with Crippen LogP contribution in [0.15, 0.2) is 60.7 Å². The predicted octanol–water partition coefficient (Wildman–Crippen LogP) is 1.81. The molecular formula is C17H20N2O4S. The topological polar surface area (TPSA) is 98.5 Å². The molecule has 1 amide bonds. The molecule has 0 unspecified atom stereocenters. The highest BCUT2D eigenvalue weighted by atomic mass is 32.2. The number of primary sulfonamides is 1. The van der Waals surface area contributed by atoms with Gasteiger partial charge < -0.3 is 10.1 Å². The van der Waals surface area contributed by atoms with Crippen LogP contribution in [-0.2, 0) is 27.8 Å². The molecule has 0 aliphatic heterocycles. The molecule has 0 saturated carbocycles. The maximum atomic E-state index is 11.9. The monoisotopic (exact) mass is 348 g/mol. The summed E-state index contributed by atoms with van der Waals surface area (Å²) in [6.07, 6.45) is -0.332. The lowest BCUT2D eigenvalue weighted by Crippen LogP contribution is -2.43. The second-order valence-corrected chi connectivity index (χ2v) is 7.08. The van der Waals surface area contributed by atoms with Crippen LogP contribution in [0.4, 0.5) is 4.79 Å². The zero-order valence-electron chi connectivity index (χ0n) is 13.1. The van der Waals surface area contributed by atoms with Crippen LogP contribution in [0.1, 0.15) is 11.1 Å². The lowest BCUT2D eigenvalue weighted by Gasteiger charge is -2.17. The van der Waals surface area contributed by atoms with Crippen LogP contribution in [0.2, 0.25) is 0 Å². The van der Waals surface area contributed by atoms with Crippen molar-refractivity contribution in [2.75, 3.05) is 5.75 Å². The van der Waals surface area contributed by atoms with Gasteiger partial charge in [0.05, 0.1) is 11.8 Å². The van der Waals surface area contributed by atoms with E-state index in [-0.39, 0.29) is 12.4 Å². The van der Waals surface area contributed by atoms with E-state index in [4.69, 9.17) is 9.88 Å². The van der Waals surface area contributed by atoms with Gasteiger partial charge in [-0.3, -0.25) is 0 Å². The lowest BCUT2D eigenvalue weighted by molar-refractivity contribution is 0.136. The molecule has 0 radical (unpaired) electrons. The Kier molecular flexibility index (Phi) is 6.34. The van der Waals surface area contributed by atoms with Crippen LogP contribution in [0.3, 0.4) is 0 Å². The normalized spacial score (nSPS) is 12.4. The van der Waals surface area contributed by atoms with Gasteiger partial charge in [-0.2, -0.15) is 0 Å². The molecule has 7 heteroatoms. The fraction of sp³-hybridized carbons (Fsp3) is 0.235. The van der Waals surface area contributed by atoms with Crippen LogP contribution < -0.4 is 10.5 Å². The number of carbonyl (C=O) groups excluding carboxylic acids is 1. The molecule has 0 heterocycles. The third-order valence-electron chi connectivity index (χ3n) is 3.29. The summed E-state index contributed by atoms with van der Waals surface area (Å²) in [5.41, 5.74) is 1.74. The van der Waals surface area contributed by atoms with Gasteiger partial charge in [-0.05, 0) is 17.5 Å². The highest BCUT2D eigenvalue weighted by molar-refractivity contribution is 7.89. The molecule has 0 aromatic heterocycles. The first-order valence-corrected chi connectivity index (χ1v) is 9.15. The van der Waals surface area contributed by atoms with E-state index >= 15 is 0 Å². The van der Waals surface area contributed by atoms with Crippen molar-refractivity contribution in [3.8, 4) is 0 Å². The number of nitrogens with two attached hydrogens (primary N) is 1. The van der Waals surface area contributed by atoms with Gasteiger partial charge in [-0.15, -0.1) is 0 Å². The van der Waals surface area contributed by atoms with Crippen molar-refractivity contribution in [1.29, 1.82) is 0 Å². The highest BCUT2D eigenvalue weighted by Gasteiger charge is 2.19. The Hall–Kier alpha value is -2.38. The van der Waals surface area contributed by atoms with Gasteiger partial charge in [0.2, 0.25) is 10.0 Å².